The van der Waals surface area contributed by atoms with E-state index in [2.05, 4.69) is 16.9 Å². The van der Waals surface area contributed by atoms with Gasteiger partial charge in [0.2, 0.25) is 5.91 Å². The molecule has 11 heteroatoms. The van der Waals surface area contributed by atoms with E-state index in [-0.39, 0.29) is 31.1 Å². The Hall–Kier alpha value is -3.81. The second kappa shape index (κ2) is 9.33. The molecule has 0 aliphatic carbocycles. The Morgan fingerprint density at radius 2 is 1.81 bits per heavy atom. The summed E-state index contributed by atoms with van der Waals surface area (Å²) in [5.41, 5.74) is -2.37. The number of alkyl halides is 6. The summed E-state index contributed by atoms with van der Waals surface area (Å²) < 4.78 is 96.3. The zero-order valence-corrected chi connectivity index (χ0v) is 18.7. The quantitative estimate of drug-likeness (QED) is 0.328. The van der Waals surface area contributed by atoms with Gasteiger partial charge in [0.1, 0.15) is 5.82 Å². The van der Waals surface area contributed by atoms with Gasteiger partial charge in [-0.2, -0.15) is 31.4 Å². The van der Waals surface area contributed by atoms with Crippen LogP contribution >= 0.6 is 0 Å². The van der Waals surface area contributed by atoms with Crippen LogP contribution in [-0.2, 0) is 30.6 Å². The summed E-state index contributed by atoms with van der Waals surface area (Å²) in [6.07, 6.45) is -7.13. The lowest BCUT2D eigenvalue weighted by Crippen LogP contribution is -2.35. The number of carbonyl (C=O) groups is 1. The molecule has 36 heavy (non-hydrogen) atoms. The zero-order valence-electron chi connectivity index (χ0n) is 18.7. The number of nitrogens with zero attached hydrogens (tertiary/aromatic N) is 3. The molecule has 1 aliphatic rings. The number of rotatable bonds is 2. The highest BCUT2D eigenvalue weighted by molar-refractivity contribution is 6.00. The lowest BCUT2D eigenvalue weighted by molar-refractivity contribution is -0.143. The first-order valence-electron chi connectivity index (χ1n) is 10.7. The normalized spacial score (nSPS) is 16.3. The molecule has 1 aromatic heterocycles. The maximum absolute atomic E-state index is 13.9. The molecule has 4 nitrogen and oxygen atoms in total. The SMILES string of the molecule is Cn1cc(C#CCN2C(=O)C(c3ccc(C(F)(F)F)cc3C(F)(F)F)CCc3cc(F)ccc32)cn1. The number of fused-ring (bicyclic) bond motifs is 1. The third kappa shape index (κ3) is 5.22. The van der Waals surface area contributed by atoms with E-state index in [0.717, 1.165) is 11.0 Å². The minimum absolute atomic E-state index is 0.0207. The molecule has 4 rings (SSSR count). The Morgan fingerprint density at radius 1 is 1.06 bits per heavy atom. The molecule has 1 amide bonds. The van der Waals surface area contributed by atoms with E-state index in [1.54, 1.807) is 13.2 Å². The number of hydrogen-bond acceptors (Lipinski definition) is 2. The van der Waals surface area contributed by atoms with Gasteiger partial charge in [0.05, 0.1) is 35.3 Å². The van der Waals surface area contributed by atoms with E-state index in [9.17, 15) is 35.5 Å². The van der Waals surface area contributed by atoms with Crippen LogP contribution in [0.3, 0.4) is 0 Å². The number of aromatic nitrogens is 2. The van der Waals surface area contributed by atoms with Gasteiger partial charge >= 0.3 is 12.4 Å². The topological polar surface area (TPSA) is 38.1 Å². The molecule has 1 unspecified atom stereocenters. The standard InChI is InChI=1S/C25H18F7N3O/c1-34-14-15(13-33-34)3-2-10-35-22-9-6-18(26)11-16(22)4-7-20(23(35)36)19-8-5-17(24(27,28)29)12-21(19)25(30,31)32/h5-6,8-9,11-14,20H,4,7,10H2,1H3. The summed E-state index contributed by atoms with van der Waals surface area (Å²) >= 11 is 0. The van der Waals surface area contributed by atoms with Crippen LogP contribution in [0.4, 0.5) is 36.4 Å². The third-order valence-electron chi connectivity index (χ3n) is 5.84. The van der Waals surface area contributed by atoms with Gasteiger partial charge in [-0.15, -0.1) is 0 Å². The molecule has 0 bridgehead atoms. The summed E-state index contributed by atoms with van der Waals surface area (Å²) in [5, 5.41) is 3.97. The van der Waals surface area contributed by atoms with Gasteiger partial charge in [0.25, 0.3) is 0 Å². The fraction of sp³-hybridized carbons (Fsp3) is 0.280. The van der Waals surface area contributed by atoms with Gasteiger partial charge in [-0.05, 0) is 54.3 Å². The Bertz CT molecular complexity index is 1360. The first-order valence-corrected chi connectivity index (χ1v) is 10.7. The number of benzene rings is 2. The highest BCUT2D eigenvalue weighted by Crippen LogP contribution is 2.42. The van der Waals surface area contributed by atoms with Crippen molar-refractivity contribution in [2.45, 2.75) is 31.1 Å². The van der Waals surface area contributed by atoms with Crippen molar-refractivity contribution >= 4 is 11.6 Å². The monoisotopic (exact) mass is 509 g/mol. The number of aryl methyl sites for hydroxylation is 2. The van der Waals surface area contributed by atoms with Gasteiger partial charge in [-0.25, -0.2) is 4.39 Å². The van der Waals surface area contributed by atoms with Crippen LogP contribution in [0.2, 0.25) is 0 Å². The van der Waals surface area contributed by atoms with Crippen LogP contribution in [0.15, 0.2) is 48.8 Å². The summed E-state index contributed by atoms with van der Waals surface area (Å²) in [7, 11) is 1.68. The first kappa shape index (κ1) is 25.3. The van der Waals surface area contributed by atoms with Crippen molar-refractivity contribution in [3.05, 3.63) is 82.4 Å². The van der Waals surface area contributed by atoms with E-state index < -0.39 is 46.7 Å². The lowest BCUT2D eigenvalue weighted by Gasteiger charge is -2.26. The van der Waals surface area contributed by atoms with Gasteiger partial charge in [-0.1, -0.05) is 17.9 Å². The average Bonchev–Trinajstić information content (AvgIpc) is 3.15. The first-order chi connectivity index (χ1) is 16.8. The molecule has 0 N–H and O–H groups in total. The molecular formula is C25H18F7N3O. The molecule has 3 aromatic rings. The molecular weight excluding hydrogens is 491 g/mol. The second-order valence-corrected chi connectivity index (χ2v) is 8.29. The average molecular weight is 509 g/mol. The Morgan fingerprint density at radius 3 is 2.44 bits per heavy atom. The maximum Gasteiger partial charge on any atom is 0.416 e. The molecule has 2 aromatic carbocycles. The van der Waals surface area contributed by atoms with Crippen molar-refractivity contribution in [3.63, 3.8) is 0 Å². The Kier molecular flexibility index (Phi) is 6.56. The minimum Gasteiger partial charge on any atom is -0.300 e. The van der Waals surface area contributed by atoms with Crippen LogP contribution in [0, 0.1) is 17.7 Å². The molecule has 0 radical (unpaired) electrons. The van der Waals surface area contributed by atoms with E-state index in [0.29, 0.717) is 23.3 Å². The minimum atomic E-state index is -5.13. The van der Waals surface area contributed by atoms with Crippen molar-refractivity contribution in [2.75, 3.05) is 11.4 Å². The van der Waals surface area contributed by atoms with Crippen LogP contribution in [0.25, 0.3) is 0 Å². The van der Waals surface area contributed by atoms with Crippen molar-refractivity contribution in [3.8, 4) is 11.8 Å². The van der Waals surface area contributed by atoms with Crippen LogP contribution in [0.1, 0.15) is 40.2 Å². The number of halogens is 7. The van der Waals surface area contributed by atoms with Crippen LogP contribution in [-0.4, -0.2) is 22.2 Å². The van der Waals surface area contributed by atoms with Crippen molar-refractivity contribution in [1.29, 1.82) is 0 Å². The fourth-order valence-corrected chi connectivity index (χ4v) is 4.19. The van der Waals surface area contributed by atoms with Crippen LogP contribution < -0.4 is 4.90 Å². The predicted molar refractivity (Wildman–Crippen MR) is 116 cm³/mol. The predicted octanol–water partition coefficient (Wildman–Crippen LogP) is 5.71. The van der Waals surface area contributed by atoms with E-state index in [1.807, 2.05) is 0 Å². The highest BCUT2D eigenvalue weighted by atomic mass is 19.4. The molecule has 0 saturated carbocycles. The fourth-order valence-electron chi connectivity index (χ4n) is 4.19. The smallest absolute Gasteiger partial charge is 0.300 e. The lowest BCUT2D eigenvalue weighted by atomic mass is 9.88. The number of anilines is 1. The summed E-state index contributed by atoms with van der Waals surface area (Å²) in [4.78, 5) is 14.7. The third-order valence-corrected chi connectivity index (χ3v) is 5.84. The molecule has 0 spiro atoms. The molecule has 1 atom stereocenters. The summed E-state index contributed by atoms with van der Waals surface area (Å²) in [6.45, 7) is -0.231. The van der Waals surface area contributed by atoms with Crippen molar-refractivity contribution < 1.29 is 35.5 Å². The van der Waals surface area contributed by atoms with Crippen molar-refractivity contribution in [1.82, 2.24) is 9.78 Å². The number of carbonyl (C=O) groups excluding carboxylic acids is 1. The van der Waals surface area contributed by atoms with Crippen LogP contribution in [0.5, 0.6) is 0 Å². The Labute approximate surface area is 201 Å². The molecule has 2 heterocycles. The number of hydrogen-bond donors (Lipinski definition) is 0. The zero-order chi connectivity index (χ0) is 26.3. The van der Waals surface area contributed by atoms with E-state index in [1.165, 1.54) is 23.0 Å². The largest absolute Gasteiger partial charge is 0.416 e. The molecule has 0 saturated heterocycles. The summed E-state index contributed by atoms with van der Waals surface area (Å²) in [6, 6.07) is 4.89. The number of amides is 1. The van der Waals surface area contributed by atoms with Gasteiger partial charge in [-0.3, -0.25) is 14.4 Å². The highest BCUT2D eigenvalue weighted by Gasteiger charge is 2.42. The Balaban J connectivity index is 1.78. The van der Waals surface area contributed by atoms with E-state index in [4.69, 9.17) is 0 Å². The van der Waals surface area contributed by atoms with Gasteiger partial charge in [0, 0.05) is 18.9 Å². The second-order valence-electron chi connectivity index (χ2n) is 8.29. The molecule has 188 valence electrons. The van der Waals surface area contributed by atoms with Gasteiger partial charge < -0.3 is 0 Å². The van der Waals surface area contributed by atoms with Crippen molar-refractivity contribution in [2.24, 2.45) is 7.05 Å². The maximum atomic E-state index is 13.9. The molecule has 0 fully saturated rings. The molecule has 1 aliphatic heterocycles. The van der Waals surface area contributed by atoms with E-state index >= 15 is 0 Å². The summed E-state index contributed by atoms with van der Waals surface area (Å²) in [5.74, 6) is 2.80. The van der Waals surface area contributed by atoms with Gasteiger partial charge in [0.15, 0.2) is 0 Å².